The summed E-state index contributed by atoms with van der Waals surface area (Å²) in [6.45, 7) is 2.09. The van der Waals surface area contributed by atoms with Crippen LogP contribution in [0.1, 0.15) is 30.4 Å². The third-order valence-corrected chi connectivity index (χ3v) is 3.08. The number of carbonyl (C=O) groups is 1. The summed E-state index contributed by atoms with van der Waals surface area (Å²) in [6, 6.07) is 2.88. The molecule has 0 bridgehead atoms. The molecule has 1 aromatic rings. The molecule has 16 heavy (non-hydrogen) atoms. The second-order valence-corrected chi connectivity index (χ2v) is 4.17. The number of anilines is 1. The van der Waals surface area contributed by atoms with E-state index in [-0.39, 0.29) is 11.5 Å². The fourth-order valence-corrected chi connectivity index (χ4v) is 2.12. The lowest BCUT2D eigenvalue weighted by atomic mass is 10.0. The smallest absolute Gasteiger partial charge is 0.319 e. The summed E-state index contributed by atoms with van der Waals surface area (Å²) in [4.78, 5) is 11.1. The Morgan fingerprint density at radius 2 is 2.25 bits per heavy atom. The number of urea groups is 1. The van der Waals surface area contributed by atoms with Gasteiger partial charge in [0.05, 0.1) is 5.69 Å². The Hall–Kier alpha value is -1.58. The Labute approximate surface area is 94.0 Å². The van der Waals surface area contributed by atoms with Gasteiger partial charge < -0.3 is 10.6 Å². The molecule has 0 saturated carbocycles. The molecule has 0 aliphatic heterocycles. The molecule has 0 saturated heterocycles. The molecule has 4 heteroatoms. The van der Waals surface area contributed by atoms with Gasteiger partial charge in [0.2, 0.25) is 0 Å². The van der Waals surface area contributed by atoms with Crippen molar-refractivity contribution in [2.75, 3.05) is 12.4 Å². The molecule has 0 unspecified atom stereocenters. The summed E-state index contributed by atoms with van der Waals surface area (Å²) in [5.74, 6) is 0.0506. The summed E-state index contributed by atoms with van der Waals surface area (Å²) in [5, 5.41) is 4.88. The minimum atomic E-state index is -0.398. The van der Waals surface area contributed by atoms with E-state index in [9.17, 15) is 9.18 Å². The van der Waals surface area contributed by atoms with Crippen LogP contribution in [0.2, 0.25) is 0 Å². The van der Waals surface area contributed by atoms with Crippen LogP contribution in [0.15, 0.2) is 12.1 Å². The second kappa shape index (κ2) is 4.12. The first-order chi connectivity index (χ1) is 7.61. The van der Waals surface area contributed by atoms with E-state index in [2.05, 4.69) is 17.6 Å². The van der Waals surface area contributed by atoms with Crippen molar-refractivity contribution in [2.45, 2.75) is 25.7 Å². The molecule has 0 heterocycles. The summed E-state index contributed by atoms with van der Waals surface area (Å²) >= 11 is 0. The van der Waals surface area contributed by atoms with Gasteiger partial charge in [-0.2, -0.15) is 0 Å². The van der Waals surface area contributed by atoms with Crippen LogP contribution >= 0.6 is 0 Å². The molecule has 0 aromatic heterocycles. The van der Waals surface area contributed by atoms with Gasteiger partial charge in [-0.05, 0) is 42.0 Å². The molecule has 2 rings (SSSR count). The number of aryl methyl sites for hydroxylation is 1. The van der Waals surface area contributed by atoms with Gasteiger partial charge in [0.15, 0.2) is 0 Å². The van der Waals surface area contributed by atoms with E-state index in [4.69, 9.17) is 0 Å². The van der Waals surface area contributed by atoms with Gasteiger partial charge in [-0.25, -0.2) is 9.18 Å². The lowest BCUT2D eigenvalue weighted by Crippen LogP contribution is -2.25. The van der Waals surface area contributed by atoms with E-state index < -0.39 is 6.03 Å². The zero-order chi connectivity index (χ0) is 11.7. The van der Waals surface area contributed by atoms with Gasteiger partial charge in [-0.1, -0.05) is 6.92 Å². The van der Waals surface area contributed by atoms with E-state index in [0.29, 0.717) is 5.92 Å². The Balaban J connectivity index is 2.31. The first kappa shape index (κ1) is 10.9. The van der Waals surface area contributed by atoms with Gasteiger partial charge in [-0.15, -0.1) is 0 Å². The number of fused-ring (bicyclic) bond motifs is 1. The predicted octanol–water partition coefficient (Wildman–Crippen LogP) is 2.63. The summed E-state index contributed by atoms with van der Waals surface area (Å²) in [5.41, 5.74) is 2.47. The van der Waals surface area contributed by atoms with Crippen molar-refractivity contribution in [1.29, 1.82) is 0 Å². The van der Waals surface area contributed by atoms with E-state index >= 15 is 0 Å². The van der Waals surface area contributed by atoms with Crippen molar-refractivity contribution >= 4 is 11.7 Å². The minimum Gasteiger partial charge on any atom is -0.341 e. The standard InChI is InChI=1S/C12H15FN2O/c1-7-3-4-8-5-11(15-12(16)14-2)10(13)6-9(7)8/h5-7H,3-4H2,1-2H3,(H2,14,15,16)/t7-/m0/s1. The van der Waals surface area contributed by atoms with E-state index in [1.807, 2.05) is 0 Å². The number of nitrogens with one attached hydrogen (secondary N) is 2. The third-order valence-electron chi connectivity index (χ3n) is 3.08. The molecule has 3 nitrogen and oxygen atoms in total. The van der Waals surface area contributed by atoms with Crippen molar-refractivity contribution in [3.63, 3.8) is 0 Å². The quantitative estimate of drug-likeness (QED) is 0.753. The number of hydrogen-bond acceptors (Lipinski definition) is 1. The molecule has 1 aliphatic carbocycles. The SMILES string of the molecule is CNC(=O)Nc1cc2c(cc1F)[C@@H](C)CC2. The molecular formula is C12H15FN2O. The molecule has 0 spiro atoms. The normalized spacial score (nSPS) is 18.1. The zero-order valence-corrected chi connectivity index (χ0v) is 9.43. The maximum Gasteiger partial charge on any atom is 0.319 e. The van der Waals surface area contributed by atoms with Gasteiger partial charge in [0, 0.05) is 7.05 Å². The minimum absolute atomic E-state index is 0.257. The Morgan fingerprint density at radius 3 is 2.94 bits per heavy atom. The Morgan fingerprint density at radius 1 is 1.50 bits per heavy atom. The van der Waals surface area contributed by atoms with E-state index in [0.717, 1.165) is 24.0 Å². The highest BCUT2D eigenvalue weighted by molar-refractivity contribution is 5.89. The Kier molecular flexibility index (Phi) is 2.81. The van der Waals surface area contributed by atoms with Crippen LogP contribution < -0.4 is 10.6 Å². The second-order valence-electron chi connectivity index (χ2n) is 4.17. The summed E-state index contributed by atoms with van der Waals surface area (Å²) < 4.78 is 13.7. The van der Waals surface area contributed by atoms with Gasteiger partial charge in [-0.3, -0.25) is 0 Å². The highest BCUT2D eigenvalue weighted by Crippen LogP contribution is 2.35. The molecule has 0 fully saturated rings. The topological polar surface area (TPSA) is 41.1 Å². The lowest BCUT2D eigenvalue weighted by Gasteiger charge is -2.10. The van der Waals surface area contributed by atoms with Gasteiger partial charge in [0.25, 0.3) is 0 Å². The molecule has 1 atom stereocenters. The molecule has 1 aliphatic rings. The number of halogens is 1. The third kappa shape index (κ3) is 1.87. The first-order valence-electron chi connectivity index (χ1n) is 5.43. The van der Waals surface area contributed by atoms with Crippen molar-refractivity contribution in [3.05, 3.63) is 29.1 Å². The fourth-order valence-electron chi connectivity index (χ4n) is 2.12. The van der Waals surface area contributed by atoms with Crippen LogP contribution in [-0.2, 0) is 6.42 Å². The molecule has 2 amide bonds. The maximum absolute atomic E-state index is 13.7. The van der Waals surface area contributed by atoms with Crippen molar-refractivity contribution in [3.8, 4) is 0 Å². The van der Waals surface area contributed by atoms with Crippen LogP contribution in [0.4, 0.5) is 14.9 Å². The van der Waals surface area contributed by atoms with Crippen LogP contribution in [0.25, 0.3) is 0 Å². The molecule has 2 N–H and O–H groups in total. The number of hydrogen-bond donors (Lipinski definition) is 2. The number of carbonyl (C=O) groups excluding carboxylic acids is 1. The van der Waals surface area contributed by atoms with Crippen molar-refractivity contribution in [1.82, 2.24) is 5.32 Å². The van der Waals surface area contributed by atoms with Gasteiger partial charge in [0.1, 0.15) is 5.82 Å². The summed E-state index contributed by atoms with van der Waals surface area (Å²) in [7, 11) is 1.50. The maximum atomic E-state index is 13.7. The van der Waals surface area contributed by atoms with Crippen molar-refractivity contribution in [2.24, 2.45) is 0 Å². The van der Waals surface area contributed by atoms with E-state index in [1.54, 1.807) is 6.07 Å². The zero-order valence-electron chi connectivity index (χ0n) is 9.43. The lowest BCUT2D eigenvalue weighted by molar-refractivity contribution is 0.254. The molecule has 86 valence electrons. The number of rotatable bonds is 1. The monoisotopic (exact) mass is 222 g/mol. The van der Waals surface area contributed by atoms with Crippen molar-refractivity contribution < 1.29 is 9.18 Å². The Bertz CT molecular complexity index is 431. The summed E-state index contributed by atoms with van der Waals surface area (Å²) in [6.07, 6.45) is 2.01. The average molecular weight is 222 g/mol. The predicted molar refractivity (Wildman–Crippen MR) is 61.2 cm³/mol. The highest BCUT2D eigenvalue weighted by atomic mass is 19.1. The number of amides is 2. The fraction of sp³-hybridized carbons (Fsp3) is 0.417. The van der Waals surface area contributed by atoms with E-state index in [1.165, 1.54) is 13.1 Å². The van der Waals surface area contributed by atoms with Crippen LogP contribution in [-0.4, -0.2) is 13.1 Å². The van der Waals surface area contributed by atoms with Crippen LogP contribution in [0.5, 0.6) is 0 Å². The number of benzene rings is 1. The largest absolute Gasteiger partial charge is 0.341 e. The van der Waals surface area contributed by atoms with Crippen LogP contribution in [0.3, 0.4) is 0 Å². The first-order valence-corrected chi connectivity index (χ1v) is 5.43. The van der Waals surface area contributed by atoms with Crippen LogP contribution in [0, 0.1) is 5.82 Å². The average Bonchev–Trinajstić information content (AvgIpc) is 2.61. The molecule has 0 radical (unpaired) electrons. The molecule has 1 aromatic carbocycles. The highest BCUT2D eigenvalue weighted by Gasteiger charge is 2.21. The van der Waals surface area contributed by atoms with Gasteiger partial charge >= 0.3 is 6.03 Å². The molecular weight excluding hydrogens is 207 g/mol.